The summed E-state index contributed by atoms with van der Waals surface area (Å²) in [6.07, 6.45) is 2.16. The lowest BCUT2D eigenvalue weighted by atomic mass is 9.96. The predicted molar refractivity (Wildman–Crippen MR) is 192 cm³/mol. The number of carbonyl (C=O) groups is 1. The molecule has 1 N–H and O–H groups in total. The van der Waals surface area contributed by atoms with Crippen LogP contribution in [0.5, 0.6) is 0 Å². The molecule has 0 saturated carbocycles. The third-order valence-corrected chi connectivity index (χ3v) is 8.89. The molecule has 10 heteroatoms. The first-order chi connectivity index (χ1) is 21.5. The van der Waals surface area contributed by atoms with E-state index in [9.17, 15) is 13.6 Å². The Balaban J connectivity index is 0.00000200. The Bertz CT molecular complexity index is 1490. The van der Waals surface area contributed by atoms with Gasteiger partial charge in [-0.1, -0.05) is 60.7 Å². The number of benzene rings is 4. The number of piperazine rings is 1. The van der Waals surface area contributed by atoms with Crippen LogP contribution in [-0.4, -0.2) is 66.4 Å². The second kappa shape index (κ2) is 18.5. The van der Waals surface area contributed by atoms with E-state index < -0.39 is 0 Å². The van der Waals surface area contributed by atoms with Crippen LogP contribution >= 0.6 is 37.2 Å². The summed E-state index contributed by atoms with van der Waals surface area (Å²) in [5.74, 6) is -0.568. The lowest BCUT2D eigenvalue weighted by Gasteiger charge is -2.39. The van der Waals surface area contributed by atoms with Gasteiger partial charge in [-0.3, -0.25) is 19.5 Å². The van der Waals surface area contributed by atoms with E-state index in [1.807, 2.05) is 36.4 Å². The summed E-state index contributed by atoms with van der Waals surface area (Å²) in [7, 11) is 0. The smallest absolute Gasteiger partial charge is 0.251 e. The molecule has 0 aliphatic carbocycles. The first kappa shape index (κ1) is 38.4. The molecular weight excluding hydrogens is 661 g/mol. The topological polar surface area (TPSA) is 38.8 Å². The summed E-state index contributed by atoms with van der Waals surface area (Å²) in [5, 5.41) is 3.14. The lowest BCUT2D eigenvalue weighted by Crippen LogP contribution is -2.49. The largest absolute Gasteiger partial charge is 0.351 e. The highest BCUT2D eigenvalue weighted by atomic mass is 35.5. The number of halogens is 5. The van der Waals surface area contributed by atoms with Gasteiger partial charge in [0, 0.05) is 57.9 Å². The number of nitrogens with zero attached hydrogens (tertiary/aromatic N) is 3. The van der Waals surface area contributed by atoms with Crippen molar-refractivity contribution in [3.8, 4) is 0 Å². The second-order valence-corrected chi connectivity index (χ2v) is 11.9. The zero-order valence-corrected chi connectivity index (χ0v) is 28.8. The van der Waals surface area contributed by atoms with Crippen LogP contribution in [0.3, 0.4) is 0 Å². The molecule has 6 rings (SSSR count). The van der Waals surface area contributed by atoms with Crippen LogP contribution in [0.1, 0.15) is 50.6 Å². The minimum atomic E-state index is -0.269. The molecule has 2 aliphatic heterocycles. The minimum absolute atomic E-state index is 0. The van der Waals surface area contributed by atoms with E-state index in [1.54, 1.807) is 0 Å². The molecule has 1 fully saturated rings. The molecule has 2 aliphatic rings. The summed E-state index contributed by atoms with van der Waals surface area (Å²) >= 11 is 0. The predicted octanol–water partition coefficient (Wildman–Crippen LogP) is 7.32. The van der Waals surface area contributed by atoms with Crippen molar-refractivity contribution in [3.05, 3.63) is 142 Å². The van der Waals surface area contributed by atoms with Crippen LogP contribution in [0.2, 0.25) is 0 Å². The van der Waals surface area contributed by atoms with Crippen molar-refractivity contribution in [2.75, 3.05) is 45.8 Å². The van der Waals surface area contributed by atoms with Gasteiger partial charge in [0.1, 0.15) is 11.6 Å². The summed E-state index contributed by atoms with van der Waals surface area (Å²) < 4.78 is 27.3. The van der Waals surface area contributed by atoms with Gasteiger partial charge >= 0.3 is 0 Å². The number of rotatable bonds is 9. The van der Waals surface area contributed by atoms with Gasteiger partial charge in [0.15, 0.2) is 0 Å². The van der Waals surface area contributed by atoms with Crippen molar-refractivity contribution in [3.63, 3.8) is 0 Å². The van der Waals surface area contributed by atoms with E-state index in [0.717, 1.165) is 81.9 Å². The fourth-order valence-electron chi connectivity index (χ4n) is 6.53. The standard InChI is InChI=1S/C37H40F2N4O.3ClH/c38-34-14-10-30(11-15-34)36(31-12-16-35(39)17-13-31)43-23-21-41(22-24-43)20-18-40-37(44)32-9-8-29-7-4-19-42(27-33(29)25-32)26-28-5-2-1-3-6-28;;;/h1-3,5-6,8-17,25,36H,4,7,18-24,26-27H2,(H,40,44);3*1H. The van der Waals surface area contributed by atoms with Crippen molar-refractivity contribution in [1.82, 2.24) is 20.0 Å². The first-order valence-electron chi connectivity index (χ1n) is 15.7. The highest BCUT2D eigenvalue weighted by Crippen LogP contribution is 2.30. The van der Waals surface area contributed by atoms with Gasteiger partial charge in [-0.15, -0.1) is 37.2 Å². The molecule has 0 atom stereocenters. The summed E-state index contributed by atoms with van der Waals surface area (Å²) in [6.45, 7) is 7.51. The molecule has 4 aromatic rings. The van der Waals surface area contributed by atoms with E-state index in [-0.39, 0.29) is 60.8 Å². The molecule has 0 unspecified atom stereocenters. The SMILES string of the molecule is Cl.Cl.Cl.O=C(NCCN1CCN(C(c2ccc(F)cc2)c2ccc(F)cc2)CC1)c1ccc2c(c1)CN(Cc1ccccc1)CCC2. The van der Waals surface area contributed by atoms with Crippen molar-refractivity contribution in [2.24, 2.45) is 0 Å². The van der Waals surface area contributed by atoms with Crippen molar-refractivity contribution in [1.29, 1.82) is 0 Å². The molecule has 4 aromatic carbocycles. The van der Waals surface area contributed by atoms with Gasteiger partial charge < -0.3 is 5.32 Å². The fourth-order valence-corrected chi connectivity index (χ4v) is 6.53. The molecule has 1 saturated heterocycles. The van der Waals surface area contributed by atoms with Gasteiger partial charge in [-0.25, -0.2) is 8.78 Å². The first-order valence-corrected chi connectivity index (χ1v) is 15.7. The third kappa shape index (κ3) is 10.2. The number of aryl methyl sites for hydroxylation is 1. The number of fused-ring (bicyclic) bond motifs is 1. The van der Waals surface area contributed by atoms with Gasteiger partial charge in [-0.2, -0.15) is 0 Å². The monoisotopic (exact) mass is 702 g/mol. The molecule has 252 valence electrons. The van der Waals surface area contributed by atoms with E-state index in [0.29, 0.717) is 6.54 Å². The summed E-state index contributed by atoms with van der Waals surface area (Å²) in [4.78, 5) is 20.3. The summed E-state index contributed by atoms with van der Waals surface area (Å²) in [5.41, 5.74) is 6.60. The molecule has 5 nitrogen and oxygen atoms in total. The van der Waals surface area contributed by atoms with Crippen LogP contribution in [0.25, 0.3) is 0 Å². The number of hydrogen-bond donors (Lipinski definition) is 1. The second-order valence-electron chi connectivity index (χ2n) is 11.9. The Labute approximate surface area is 295 Å². The summed E-state index contributed by atoms with van der Waals surface area (Å²) in [6, 6.07) is 29.8. The fraction of sp³-hybridized carbons (Fsp3) is 0.324. The Morgan fingerprint density at radius 3 is 1.94 bits per heavy atom. The third-order valence-electron chi connectivity index (χ3n) is 8.89. The van der Waals surface area contributed by atoms with Crippen molar-refractivity contribution < 1.29 is 13.6 Å². The minimum Gasteiger partial charge on any atom is -0.351 e. The number of nitrogens with one attached hydrogen (secondary N) is 1. The van der Waals surface area contributed by atoms with E-state index in [2.05, 4.69) is 56.4 Å². The highest BCUT2D eigenvalue weighted by Gasteiger charge is 2.26. The van der Waals surface area contributed by atoms with Gasteiger partial charge in [0.25, 0.3) is 5.91 Å². The van der Waals surface area contributed by atoms with E-state index in [4.69, 9.17) is 0 Å². The Hall–Kier alpha value is -3.04. The molecular formula is C37H43Cl3F2N4O. The van der Waals surface area contributed by atoms with Crippen molar-refractivity contribution >= 4 is 43.1 Å². The Morgan fingerprint density at radius 1 is 0.702 bits per heavy atom. The molecule has 0 bridgehead atoms. The maximum atomic E-state index is 13.7. The van der Waals surface area contributed by atoms with E-state index >= 15 is 0 Å². The maximum absolute atomic E-state index is 13.7. The van der Waals surface area contributed by atoms with Gasteiger partial charge in [0.05, 0.1) is 6.04 Å². The number of amides is 1. The normalized spacial score (nSPS) is 15.4. The highest BCUT2D eigenvalue weighted by molar-refractivity contribution is 5.94. The van der Waals surface area contributed by atoms with Crippen LogP contribution in [-0.2, 0) is 19.5 Å². The number of carbonyl (C=O) groups excluding carboxylic acids is 1. The molecule has 0 radical (unpaired) electrons. The average Bonchev–Trinajstić information content (AvgIpc) is 3.25. The van der Waals surface area contributed by atoms with Crippen LogP contribution in [0, 0.1) is 11.6 Å². The average molecular weight is 704 g/mol. The molecule has 2 heterocycles. The quantitative estimate of drug-likeness (QED) is 0.199. The van der Waals surface area contributed by atoms with Crippen LogP contribution < -0.4 is 5.32 Å². The van der Waals surface area contributed by atoms with Crippen molar-refractivity contribution in [2.45, 2.75) is 32.0 Å². The van der Waals surface area contributed by atoms with Gasteiger partial charge in [-0.05, 0) is 83.6 Å². The zero-order valence-electron chi connectivity index (χ0n) is 26.3. The number of hydrogen-bond acceptors (Lipinski definition) is 4. The molecule has 0 spiro atoms. The Morgan fingerprint density at radius 2 is 1.32 bits per heavy atom. The lowest BCUT2D eigenvalue weighted by molar-refractivity contribution is 0.0920. The van der Waals surface area contributed by atoms with Crippen LogP contribution in [0.4, 0.5) is 8.78 Å². The zero-order chi connectivity index (χ0) is 30.3. The van der Waals surface area contributed by atoms with E-state index in [1.165, 1.54) is 41.0 Å². The molecule has 0 aromatic heterocycles. The Kier molecular flexibility index (Phi) is 15.1. The molecule has 47 heavy (non-hydrogen) atoms. The van der Waals surface area contributed by atoms with Gasteiger partial charge in [0.2, 0.25) is 0 Å². The maximum Gasteiger partial charge on any atom is 0.251 e. The molecule has 1 amide bonds. The van der Waals surface area contributed by atoms with Crippen LogP contribution in [0.15, 0.2) is 97.1 Å².